The van der Waals surface area contributed by atoms with Crippen LogP contribution in [0.3, 0.4) is 0 Å². The van der Waals surface area contributed by atoms with Crippen LogP contribution in [-0.4, -0.2) is 34.0 Å². The van der Waals surface area contributed by atoms with Crippen LogP contribution in [0.2, 0.25) is 0 Å². The van der Waals surface area contributed by atoms with E-state index in [1.807, 2.05) is 0 Å². The predicted molar refractivity (Wildman–Crippen MR) is 86.5 cm³/mol. The molecule has 134 valence electrons. The van der Waals surface area contributed by atoms with Gasteiger partial charge in [-0.05, 0) is 24.3 Å². The van der Waals surface area contributed by atoms with E-state index in [4.69, 9.17) is 9.15 Å². The van der Waals surface area contributed by atoms with E-state index >= 15 is 0 Å². The molecule has 0 radical (unpaired) electrons. The molecule has 1 heterocycles. The van der Waals surface area contributed by atoms with Gasteiger partial charge in [0, 0.05) is 12.1 Å². The largest absolute Gasteiger partial charge is 0.463 e. The molecule has 0 saturated heterocycles. The van der Waals surface area contributed by atoms with E-state index in [1.165, 1.54) is 43.7 Å². The molecule has 1 N–H and O–H groups in total. The Balaban J connectivity index is 2.12. The first-order valence-corrected chi connectivity index (χ1v) is 8.79. The third kappa shape index (κ3) is 4.46. The minimum atomic E-state index is -3.68. The molecule has 8 nitrogen and oxygen atoms in total. The van der Waals surface area contributed by atoms with Gasteiger partial charge < -0.3 is 13.9 Å². The summed E-state index contributed by atoms with van der Waals surface area (Å²) in [6, 6.07) is 6.95. The first-order valence-electron chi connectivity index (χ1n) is 7.30. The number of hydrogen-bond acceptors (Lipinski definition) is 7. The Kier molecular flexibility index (Phi) is 5.94. The van der Waals surface area contributed by atoms with Gasteiger partial charge in [-0.3, -0.25) is 0 Å². The van der Waals surface area contributed by atoms with Gasteiger partial charge in [0.05, 0.1) is 23.8 Å². The van der Waals surface area contributed by atoms with Crippen LogP contribution in [-0.2, 0) is 26.1 Å². The maximum absolute atomic E-state index is 12.1. The van der Waals surface area contributed by atoms with E-state index in [-0.39, 0.29) is 29.4 Å². The number of sulfonamides is 1. The molecule has 0 spiro atoms. The topological polar surface area (TPSA) is 112 Å². The Morgan fingerprint density at radius 3 is 2.64 bits per heavy atom. The molecule has 0 amide bonds. The summed E-state index contributed by atoms with van der Waals surface area (Å²) >= 11 is 0. The Morgan fingerprint density at radius 2 is 1.96 bits per heavy atom. The van der Waals surface area contributed by atoms with Gasteiger partial charge in [-0.2, -0.15) is 0 Å². The summed E-state index contributed by atoms with van der Waals surface area (Å²) in [6.45, 7) is 1.66. The van der Waals surface area contributed by atoms with Crippen LogP contribution in [0.5, 0.6) is 0 Å². The Morgan fingerprint density at radius 1 is 1.20 bits per heavy atom. The zero-order valence-corrected chi connectivity index (χ0v) is 14.5. The summed E-state index contributed by atoms with van der Waals surface area (Å²) in [5.74, 6) is -1.47. The molecular weight excluding hydrogens is 350 g/mol. The highest BCUT2D eigenvalue weighted by Gasteiger charge is 2.19. The molecule has 9 heteroatoms. The van der Waals surface area contributed by atoms with Crippen molar-refractivity contribution >= 4 is 22.0 Å². The minimum absolute atomic E-state index is 0.0395. The lowest BCUT2D eigenvalue weighted by Crippen LogP contribution is -2.23. The molecule has 0 bridgehead atoms. The molecule has 0 fully saturated rings. The average Bonchev–Trinajstić information content (AvgIpc) is 3.07. The molecule has 0 atom stereocenters. The van der Waals surface area contributed by atoms with Gasteiger partial charge in [0.25, 0.3) is 0 Å². The van der Waals surface area contributed by atoms with Crippen molar-refractivity contribution in [3.63, 3.8) is 0 Å². The second-order valence-electron chi connectivity index (χ2n) is 4.87. The highest BCUT2D eigenvalue weighted by molar-refractivity contribution is 7.89. The number of carbonyl (C=O) groups excluding carboxylic acids is 2. The summed E-state index contributed by atoms with van der Waals surface area (Å²) in [6.07, 6.45) is 1.28. The molecule has 0 unspecified atom stereocenters. The lowest BCUT2D eigenvalue weighted by Gasteiger charge is -2.07. The second kappa shape index (κ2) is 7.95. The van der Waals surface area contributed by atoms with E-state index in [9.17, 15) is 18.0 Å². The van der Waals surface area contributed by atoms with Crippen molar-refractivity contribution in [2.45, 2.75) is 18.4 Å². The second-order valence-corrected chi connectivity index (χ2v) is 6.64. The first-order chi connectivity index (χ1) is 11.9. The fourth-order valence-electron chi connectivity index (χ4n) is 2.01. The first kappa shape index (κ1) is 18.7. The number of benzene rings is 1. The normalized spacial score (nSPS) is 11.1. The van der Waals surface area contributed by atoms with Gasteiger partial charge in [-0.25, -0.2) is 22.7 Å². The van der Waals surface area contributed by atoms with Crippen molar-refractivity contribution < 1.29 is 31.9 Å². The standard InChI is InChI=1S/C16H17NO7S/c1-3-17-25(20,21)13-6-4-5-11(9-13)15(18)24-10-12-7-8-23-14(12)16(19)22-2/h4-9,17H,3,10H2,1-2H3. The van der Waals surface area contributed by atoms with Crippen LogP contribution in [0.25, 0.3) is 0 Å². The molecule has 25 heavy (non-hydrogen) atoms. The molecule has 2 aromatic rings. The van der Waals surface area contributed by atoms with Crippen LogP contribution >= 0.6 is 0 Å². The zero-order chi connectivity index (χ0) is 18.4. The number of methoxy groups -OCH3 is 1. The SMILES string of the molecule is CCNS(=O)(=O)c1cccc(C(=O)OCc2ccoc2C(=O)OC)c1. The van der Waals surface area contributed by atoms with Crippen LogP contribution in [0, 0.1) is 0 Å². The molecule has 2 rings (SSSR count). The monoisotopic (exact) mass is 367 g/mol. The molecule has 0 aliphatic carbocycles. The van der Waals surface area contributed by atoms with E-state index in [1.54, 1.807) is 6.92 Å². The van der Waals surface area contributed by atoms with Crippen molar-refractivity contribution in [3.8, 4) is 0 Å². The summed E-state index contributed by atoms with van der Waals surface area (Å²) in [5.41, 5.74) is 0.415. The van der Waals surface area contributed by atoms with Gasteiger partial charge in [0.15, 0.2) is 0 Å². The van der Waals surface area contributed by atoms with Crippen molar-refractivity contribution in [1.29, 1.82) is 0 Å². The maximum Gasteiger partial charge on any atom is 0.374 e. The Hall–Kier alpha value is -2.65. The van der Waals surface area contributed by atoms with Crippen molar-refractivity contribution in [2.24, 2.45) is 0 Å². The van der Waals surface area contributed by atoms with E-state index < -0.39 is 22.0 Å². The summed E-state index contributed by atoms with van der Waals surface area (Å²) in [4.78, 5) is 23.6. The van der Waals surface area contributed by atoms with Gasteiger partial charge in [-0.15, -0.1) is 0 Å². The zero-order valence-electron chi connectivity index (χ0n) is 13.6. The number of nitrogens with one attached hydrogen (secondary N) is 1. The quantitative estimate of drug-likeness (QED) is 0.742. The molecule has 0 saturated carbocycles. The predicted octanol–water partition coefficient (Wildman–Crippen LogP) is 1.72. The van der Waals surface area contributed by atoms with Crippen LogP contribution in [0.15, 0.2) is 45.9 Å². The lowest BCUT2D eigenvalue weighted by molar-refractivity contribution is 0.0453. The number of ether oxygens (including phenoxy) is 2. The van der Waals surface area contributed by atoms with Crippen molar-refractivity contribution in [2.75, 3.05) is 13.7 Å². The lowest BCUT2D eigenvalue weighted by atomic mass is 10.2. The van der Waals surface area contributed by atoms with E-state index in [2.05, 4.69) is 9.46 Å². The molecule has 1 aromatic carbocycles. The number of furan rings is 1. The number of carbonyl (C=O) groups is 2. The third-order valence-corrected chi connectivity index (χ3v) is 4.73. The van der Waals surface area contributed by atoms with Crippen LogP contribution in [0.1, 0.15) is 33.4 Å². The fraction of sp³-hybridized carbons (Fsp3) is 0.250. The molecule has 1 aromatic heterocycles. The number of hydrogen-bond donors (Lipinski definition) is 1. The van der Waals surface area contributed by atoms with E-state index in [0.717, 1.165) is 0 Å². The summed E-state index contributed by atoms with van der Waals surface area (Å²) in [7, 11) is -2.47. The van der Waals surface area contributed by atoms with Crippen LogP contribution in [0.4, 0.5) is 0 Å². The molecule has 0 aliphatic heterocycles. The highest BCUT2D eigenvalue weighted by Crippen LogP contribution is 2.16. The highest BCUT2D eigenvalue weighted by atomic mass is 32.2. The smallest absolute Gasteiger partial charge is 0.374 e. The van der Waals surface area contributed by atoms with Crippen molar-refractivity contribution in [3.05, 3.63) is 53.5 Å². The van der Waals surface area contributed by atoms with Gasteiger partial charge in [-0.1, -0.05) is 13.0 Å². The average molecular weight is 367 g/mol. The summed E-state index contributed by atoms with van der Waals surface area (Å²) < 4.78 is 41.0. The Bertz CT molecular complexity index is 870. The van der Waals surface area contributed by atoms with Gasteiger partial charge in [0.2, 0.25) is 15.8 Å². The minimum Gasteiger partial charge on any atom is -0.463 e. The van der Waals surface area contributed by atoms with Crippen molar-refractivity contribution in [1.82, 2.24) is 4.72 Å². The molecule has 0 aliphatic rings. The number of esters is 2. The van der Waals surface area contributed by atoms with Crippen LogP contribution < -0.4 is 4.72 Å². The number of rotatable bonds is 7. The third-order valence-electron chi connectivity index (χ3n) is 3.19. The van der Waals surface area contributed by atoms with Gasteiger partial charge in [0.1, 0.15) is 6.61 Å². The van der Waals surface area contributed by atoms with Gasteiger partial charge >= 0.3 is 11.9 Å². The summed E-state index contributed by atoms with van der Waals surface area (Å²) in [5, 5.41) is 0. The van der Waals surface area contributed by atoms with E-state index in [0.29, 0.717) is 5.56 Å². The Labute approximate surface area is 144 Å². The molecular formula is C16H17NO7S. The maximum atomic E-state index is 12.1. The fourth-order valence-corrected chi connectivity index (χ4v) is 3.10.